The van der Waals surface area contributed by atoms with Crippen molar-refractivity contribution in [3.63, 3.8) is 0 Å². The lowest BCUT2D eigenvalue weighted by Gasteiger charge is -2.41. The number of halogens is 1. The summed E-state index contributed by atoms with van der Waals surface area (Å²) in [5, 5.41) is 8.87. The summed E-state index contributed by atoms with van der Waals surface area (Å²) in [5.41, 5.74) is 5.59. The van der Waals surface area contributed by atoms with Gasteiger partial charge in [-0.25, -0.2) is 4.79 Å². The van der Waals surface area contributed by atoms with Gasteiger partial charge < -0.3 is 15.7 Å². The first-order valence-corrected chi connectivity index (χ1v) is 5.22. The molecule has 2 rings (SSSR count). The molecule has 2 aliphatic rings. The lowest BCUT2D eigenvalue weighted by molar-refractivity contribution is -0.159. The Morgan fingerprint density at radius 2 is 2.13 bits per heavy atom. The van der Waals surface area contributed by atoms with Gasteiger partial charge in [0.25, 0.3) is 0 Å². The molecule has 1 amide bonds. The van der Waals surface area contributed by atoms with Crippen molar-refractivity contribution in [2.75, 3.05) is 0 Å². The molecule has 0 aromatic rings. The number of hydrogen-bond donors (Lipinski definition) is 2. The monoisotopic (exact) mass is 252 g/mol. The van der Waals surface area contributed by atoms with E-state index in [0.717, 1.165) is 0 Å². The van der Waals surface area contributed by atoms with E-state index in [4.69, 9.17) is 10.8 Å². The Hall–Kier alpha value is -0.460. The summed E-state index contributed by atoms with van der Waals surface area (Å²) in [6.07, 6.45) is 0. The van der Waals surface area contributed by atoms with E-state index in [2.05, 4.69) is 0 Å². The topological polar surface area (TPSA) is 83.6 Å². The van der Waals surface area contributed by atoms with Crippen LogP contribution in [0.1, 0.15) is 13.8 Å². The van der Waals surface area contributed by atoms with E-state index in [-0.39, 0.29) is 23.7 Å². The fourth-order valence-corrected chi connectivity index (χ4v) is 3.61. The van der Waals surface area contributed by atoms with E-state index < -0.39 is 22.8 Å². The summed E-state index contributed by atoms with van der Waals surface area (Å²) in [6.45, 7) is 3.66. The Morgan fingerprint density at radius 1 is 1.60 bits per heavy atom. The first-order valence-electron chi connectivity index (χ1n) is 4.34. The fraction of sp³-hybridized carbons (Fsp3) is 0.750. The summed E-state index contributed by atoms with van der Waals surface area (Å²) in [7, 11) is 0. The molecule has 0 saturated carbocycles. The molecule has 15 heavy (non-hydrogen) atoms. The molecule has 0 radical (unpaired) electrons. The van der Waals surface area contributed by atoms with Gasteiger partial charge in [-0.2, -0.15) is 0 Å². The highest BCUT2D eigenvalue weighted by atomic mass is 35.5. The quantitative estimate of drug-likeness (QED) is 0.636. The molecular weight excluding hydrogens is 240 g/mol. The number of carboxylic acids is 1. The van der Waals surface area contributed by atoms with Gasteiger partial charge in [-0.05, 0) is 13.8 Å². The third kappa shape index (κ3) is 1.51. The normalized spacial score (nSPS) is 36.6. The predicted octanol–water partition coefficient (Wildman–Crippen LogP) is -0.118. The van der Waals surface area contributed by atoms with Crippen LogP contribution in [0.5, 0.6) is 0 Å². The number of nitrogens with zero attached hydrogens (tertiary/aromatic N) is 1. The second-order valence-corrected chi connectivity index (χ2v) is 5.89. The molecule has 5 nitrogen and oxygen atoms in total. The first-order chi connectivity index (χ1) is 6.36. The third-order valence-corrected chi connectivity index (χ3v) is 4.31. The number of nitrogens with two attached hydrogens (primary N) is 1. The number of aliphatic carboxylic acids is 1. The smallest absolute Gasteiger partial charge is 0.327 e. The van der Waals surface area contributed by atoms with Crippen molar-refractivity contribution >= 4 is 36.0 Å². The number of rotatable bonds is 1. The molecule has 1 unspecified atom stereocenters. The number of β-lactam (4-membered cyclic amide) rings is 1. The minimum atomic E-state index is -0.953. The Morgan fingerprint density at radius 3 is 2.60 bits per heavy atom. The number of fused-ring (bicyclic) bond motifs is 1. The highest BCUT2D eigenvalue weighted by molar-refractivity contribution is 8.01. The Bertz CT molecular complexity index is 323. The van der Waals surface area contributed by atoms with E-state index in [0.29, 0.717) is 0 Å². The molecule has 0 aliphatic carbocycles. The fourth-order valence-electron chi connectivity index (χ4n) is 2.04. The maximum atomic E-state index is 11.4. The van der Waals surface area contributed by atoms with Crippen molar-refractivity contribution in [1.29, 1.82) is 0 Å². The molecule has 3 N–H and O–H groups in total. The zero-order chi connectivity index (χ0) is 10.7. The number of hydrogen-bond acceptors (Lipinski definition) is 4. The molecule has 2 aliphatic heterocycles. The second-order valence-electron chi connectivity index (χ2n) is 4.12. The van der Waals surface area contributed by atoms with Crippen molar-refractivity contribution in [3.8, 4) is 0 Å². The molecule has 2 saturated heterocycles. The van der Waals surface area contributed by atoms with Crippen LogP contribution in [-0.2, 0) is 9.59 Å². The van der Waals surface area contributed by atoms with Gasteiger partial charge in [-0.1, -0.05) is 0 Å². The second kappa shape index (κ2) is 3.54. The van der Waals surface area contributed by atoms with Crippen LogP contribution in [0.3, 0.4) is 0 Å². The van der Waals surface area contributed by atoms with E-state index >= 15 is 0 Å². The molecular formula is C8H13ClN2O3S. The minimum absolute atomic E-state index is 0. The van der Waals surface area contributed by atoms with Gasteiger partial charge >= 0.3 is 5.97 Å². The summed E-state index contributed by atoms with van der Waals surface area (Å²) in [5.74, 6) is -1.20. The molecule has 0 spiro atoms. The largest absolute Gasteiger partial charge is 0.480 e. The highest BCUT2D eigenvalue weighted by Crippen LogP contribution is 2.50. The van der Waals surface area contributed by atoms with Gasteiger partial charge in [0.2, 0.25) is 5.91 Å². The molecule has 0 aromatic heterocycles. The average Bonchev–Trinajstić information content (AvgIpc) is 2.34. The van der Waals surface area contributed by atoms with Gasteiger partial charge in [-0.3, -0.25) is 4.79 Å². The van der Waals surface area contributed by atoms with Crippen molar-refractivity contribution in [3.05, 3.63) is 0 Å². The van der Waals surface area contributed by atoms with Crippen LogP contribution in [0.25, 0.3) is 0 Å². The van der Waals surface area contributed by atoms with E-state index in [9.17, 15) is 9.59 Å². The zero-order valence-electron chi connectivity index (χ0n) is 8.34. The number of carboxylic acid groups (broad SMARTS) is 1. The number of carbonyl (C=O) groups excluding carboxylic acids is 1. The third-order valence-electron chi connectivity index (χ3n) is 2.72. The van der Waals surface area contributed by atoms with Crippen LogP contribution >= 0.6 is 24.2 Å². The van der Waals surface area contributed by atoms with E-state index in [1.54, 1.807) is 0 Å². The van der Waals surface area contributed by atoms with Crippen molar-refractivity contribution in [2.24, 2.45) is 5.73 Å². The van der Waals surface area contributed by atoms with Crippen molar-refractivity contribution in [2.45, 2.75) is 36.1 Å². The molecule has 3 atom stereocenters. The molecule has 0 aromatic carbocycles. The maximum absolute atomic E-state index is 11.4. The van der Waals surface area contributed by atoms with Crippen LogP contribution < -0.4 is 5.73 Å². The maximum Gasteiger partial charge on any atom is 0.327 e. The van der Waals surface area contributed by atoms with Gasteiger partial charge in [-0.15, -0.1) is 24.2 Å². The molecule has 2 heterocycles. The first kappa shape index (κ1) is 12.6. The Labute approximate surface area is 97.8 Å². The van der Waals surface area contributed by atoms with Crippen LogP contribution in [0.15, 0.2) is 0 Å². The van der Waals surface area contributed by atoms with Gasteiger partial charge in [0.15, 0.2) is 0 Å². The Kier molecular flexibility index (Phi) is 2.97. The van der Waals surface area contributed by atoms with Gasteiger partial charge in [0.05, 0.1) is 0 Å². The number of carbonyl (C=O) groups is 2. The van der Waals surface area contributed by atoms with Crippen LogP contribution in [0.2, 0.25) is 0 Å². The van der Waals surface area contributed by atoms with Crippen LogP contribution in [0, 0.1) is 0 Å². The molecule has 7 heteroatoms. The van der Waals surface area contributed by atoms with Crippen molar-refractivity contribution < 1.29 is 14.7 Å². The Balaban J connectivity index is 0.00000112. The van der Waals surface area contributed by atoms with Crippen LogP contribution in [0.4, 0.5) is 0 Å². The molecule has 0 bridgehead atoms. The van der Waals surface area contributed by atoms with Gasteiger partial charge in [0, 0.05) is 4.75 Å². The zero-order valence-corrected chi connectivity index (χ0v) is 9.97. The van der Waals surface area contributed by atoms with Crippen LogP contribution in [-0.4, -0.2) is 44.1 Å². The summed E-state index contributed by atoms with van der Waals surface area (Å²) in [4.78, 5) is 23.8. The lowest BCUT2D eigenvalue weighted by atomic mass is 9.96. The predicted molar refractivity (Wildman–Crippen MR) is 59.0 cm³/mol. The van der Waals surface area contributed by atoms with Gasteiger partial charge in [0.1, 0.15) is 17.5 Å². The summed E-state index contributed by atoms with van der Waals surface area (Å²) >= 11 is 1.47. The summed E-state index contributed by atoms with van der Waals surface area (Å²) < 4.78 is -0.458. The standard InChI is InChI=1S/C8H12N2O3S.ClH/c1-8(2)4(7(12)13)10-5(11)3(9)6(10)14-8;/h3-4,6H,9H2,1-2H3,(H,12,13);1H/t3?,4-,6+;/m0./s1. The SMILES string of the molecule is CC1(C)S[C@@H]2C(N)C(=O)N2[C@H]1C(=O)O.Cl. The summed E-state index contributed by atoms with van der Waals surface area (Å²) in [6, 6.07) is -1.27. The van der Waals surface area contributed by atoms with Crippen molar-refractivity contribution in [1.82, 2.24) is 4.90 Å². The lowest BCUT2D eigenvalue weighted by Crippen LogP contribution is -2.68. The molecule has 2 fully saturated rings. The average molecular weight is 253 g/mol. The number of amides is 1. The molecule has 86 valence electrons. The van der Waals surface area contributed by atoms with E-state index in [1.807, 2.05) is 13.8 Å². The van der Waals surface area contributed by atoms with E-state index in [1.165, 1.54) is 16.7 Å². The highest BCUT2D eigenvalue weighted by Gasteiger charge is 2.62. The number of thioether (sulfide) groups is 1. The minimum Gasteiger partial charge on any atom is -0.480 e.